The topological polar surface area (TPSA) is 95.9 Å². The molecule has 6 heteroatoms. The number of nitrogens with one attached hydrogen (secondary N) is 1. The summed E-state index contributed by atoms with van der Waals surface area (Å²) in [5.74, 6) is -0.0546. The Labute approximate surface area is 487 Å². The van der Waals surface area contributed by atoms with Crippen molar-refractivity contribution in [2.24, 2.45) is 0 Å². The van der Waals surface area contributed by atoms with E-state index in [9.17, 15) is 19.8 Å². The van der Waals surface area contributed by atoms with E-state index in [1.54, 1.807) is 6.08 Å². The first-order valence-corrected chi connectivity index (χ1v) is 35.3. The van der Waals surface area contributed by atoms with E-state index in [2.05, 4.69) is 43.5 Å². The zero-order chi connectivity index (χ0) is 56.4. The molecule has 1 amide bonds. The number of aliphatic hydroxyl groups excluding tert-OH is 2. The smallest absolute Gasteiger partial charge is 0.305 e. The summed E-state index contributed by atoms with van der Waals surface area (Å²) in [6, 6.07) is -0.626. The van der Waals surface area contributed by atoms with E-state index in [4.69, 9.17) is 4.74 Å². The molecule has 0 aliphatic carbocycles. The molecule has 6 nitrogen and oxygen atoms in total. The first-order chi connectivity index (χ1) is 38.5. The number of rotatable bonds is 66. The molecule has 2 atom stereocenters. The molecule has 3 N–H and O–H groups in total. The lowest BCUT2D eigenvalue weighted by Gasteiger charge is -2.20. The Balaban J connectivity index is 3.38. The van der Waals surface area contributed by atoms with Gasteiger partial charge in [-0.3, -0.25) is 9.59 Å². The van der Waals surface area contributed by atoms with Crippen LogP contribution in [-0.4, -0.2) is 47.4 Å². The zero-order valence-electron chi connectivity index (χ0n) is 52.7. The highest BCUT2D eigenvalue weighted by Gasteiger charge is 2.18. The summed E-state index contributed by atoms with van der Waals surface area (Å²) in [5, 5.41) is 23.2. The van der Waals surface area contributed by atoms with Crippen LogP contribution in [0.3, 0.4) is 0 Å². The maximum Gasteiger partial charge on any atom is 0.305 e. The molecule has 460 valence electrons. The SMILES string of the molecule is CCCCC/C=C\CCCCCCCC(=O)OCCCCCCCCCCCCCC/C=C\CCCCCCCCCCCCCCCCCCC(=O)NC(CO)C(O)/C=C/CCCCCCCCCCCCCCCCC. The zero-order valence-corrected chi connectivity index (χ0v) is 52.7. The van der Waals surface area contributed by atoms with Gasteiger partial charge in [-0.2, -0.15) is 0 Å². The lowest BCUT2D eigenvalue weighted by atomic mass is 10.0. The van der Waals surface area contributed by atoms with Crippen molar-refractivity contribution in [1.29, 1.82) is 0 Å². The molecule has 0 fully saturated rings. The molecule has 0 saturated carbocycles. The van der Waals surface area contributed by atoms with Crippen molar-refractivity contribution in [3.05, 3.63) is 36.5 Å². The number of unbranched alkanes of at least 4 members (excludes halogenated alkanes) is 51. The summed E-state index contributed by atoms with van der Waals surface area (Å²) in [6.07, 6.45) is 86.6. The van der Waals surface area contributed by atoms with Crippen LogP contribution in [0.15, 0.2) is 36.5 Å². The minimum Gasteiger partial charge on any atom is -0.466 e. The largest absolute Gasteiger partial charge is 0.466 e. The van der Waals surface area contributed by atoms with E-state index >= 15 is 0 Å². The van der Waals surface area contributed by atoms with Crippen LogP contribution in [-0.2, 0) is 14.3 Å². The molecule has 0 saturated heterocycles. The Kier molecular flexibility index (Phi) is 65.9. The summed E-state index contributed by atoms with van der Waals surface area (Å²) >= 11 is 0. The van der Waals surface area contributed by atoms with Crippen molar-refractivity contribution in [2.75, 3.05) is 13.2 Å². The molecular formula is C72H137NO5. The highest BCUT2D eigenvalue weighted by Crippen LogP contribution is 2.18. The van der Waals surface area contributed by atoms with Gasteiger partial charge in [-0.15, -0.1) is 0 Å². The van der Waals surface area contributed by atoms with Gasteiger partial charge in [0.25, 0.3) is 0 Å². The standard InChI is InChI=1S/C72H137NO5/c1-3-5-7-9-11-13-15-17-18-35-38-41-44-48-52-56-60-64-70(75)69(68-74)73-71(76)65-61-57-53-49-45-42-39-36-33-31-29-27-25-23-21-19-20-22-24-26-28-30-32-34-37-40-43-47-51-55-59-63-67-78-72(77)66-62-58-54-50-46-16-14-12-10-8-6-4-2/h12,14,22,24,60,64,69-70,74-75H,3-11,13,15-21,23,25-59,61-63,65-68H2,1-2H3,(H,73,76)/b14-12-,24-22-,64-60+. The minimum atomic E-state index is -0.843. The van der Waals surface area contributed by atoms with E-state index in [1.165, 1.54) is 315 Å². The number of hydrogen-bond acceptors (Lipinski definition) is 5. The number of allylic oxidation sites excluding steroid dienone is 5. The fourth-order valence-electron chi connectivity index (χ4n) is 11.0. The number of carbonyl (C=O) groups is 2. The van der Waals surface area contributed by atoms with E-state index in [-0.39, 0.29) is 18.5 Å². The molecule has 0 bridgehead atoms. The summed E-state index contributed by atoms with van der Waals surface area (Å²) < 4.78 is 5.47. The molecule has 2 unspecified atom stereocenters. The molecule has 0 rings (SSSR count). The Morgan fingerprint density at radius 2 is 0.603 bits per heavy atom. The second-order valence-electron chi connectivity index (χ2n) is 24.2. The van der Waals surface area contributed by atoms with Crippen LogP contribution in [0.2, 0.25) is 0 Å². The van der Waals surface area contributed by atoms with Crippen LogP contribution in [0.25, 0.3) is 0 Å². The number of hydrogen-bond donors (Lipinski definition) is 3. The predicted molar refractivity (Wildman–Crippen MR) is 343 cm³/mol. The van der Waals surface area contributed by atoms with Crippen molar-refractivity contribution in [3.8, 4) is 0 Å². The number of aliphatic hydroxyl groups is 2. The lowest BCUT2D eigenvalue weighted by molar-refractivity contribution is -0.143. The predicted octanol–water partition coefficient (Wildman–Crippen LogP) is 22.7. The van der Waals surface area contributed by atoms with Crippen molar-refractivity contribution in [2.45, 2.75) is 398 Å². The number of ether oxygens (including phenoxy) is 1. The molecule has 0 aliphatic rings. The van der Waals surface area contributed by atoms with E-state index < -0.39 is 12.1 Å². The maximum absolute atomic E-state index is 12.5. The highest BCUT2D eigenvalue weighted by molar-refractivity contribution is 5.76. The van der Waals surface area contributed by atoms with Crippen molar-refractivity contribution in [3.63, 3.8) is 0 Å². The summed E-state index contributed by atoms with van der Waals surface area (Å²) in [4.78, 5) is 24.5. The molecule has 0 aromatic heterocycles. The van der Waals surface area contributed by atoms with Crippen LogP contribution in [0.1, 0.15) is 386 Å². The van der Waals surface area contributed by atoms with Crippen LogP contribution in [0.5, 0.6) is 0 Å². The van der Waals surface area contributed by atoms with Gasteiger partial charge < -0.3 is 20.3 Å². The van der Waals surface area contributed by atoms with Gasteiger partial charge in [0, 0.05) is 12.8 Å². The number of carbonyl (C=O) groups excluding carboxylic acids is 2. The molecular weight excluding hydrogens is 959 g/mol. The third-order valence-corrected chi connectivity index (χ3v) is 16.4. The average Bonchev–Trinajstić information content (AvgIpc) is 3.44. The van der Waals surface area contributed by atoms with Gasteiger partial charge in [0.15, 0.2) is 0 Å². The Morgan fingerprint density at radius 1 is 0.346 bits per heavy atom. The number of esters is 1. The van der Waals surface area contributed by atoms with Crippen molar-refractivity contribution < 1.29 is 24.5 Å². The Morgan fingerprint density at radius 3 is 0.936 bits per heavy atom. The first kappa shape index (κ1) is 76.1. The van der Waals surface area contributed by atoms with Crippen molar-refractivity contribution >= 4 is 11.9 Å². The van der Waals surface area contributed by atoms with Crippen molar-refractivity contribution in [1.82, 2.24) is 5.32 Å². The van der Waals surface area contributed by atoms with E-state index in [1.807, 2.05) is 6.08 Å². The molecule has 0 heterocycles. The molecule has 78 heavy (non-hydrogen) atoms. The second kappa shape index (κ2) is 67.6. The Bertz CT molecular complexity index is 1260. The molecule has 0 aromatic carbocycles. The van der Waals surface area contributed by atoms with Gasteiger partial charge in [-0.05, 0) is 83.5 Å². The molecule has 0 spiro atoms. The fourth-order valence-corrected chi connectivity index (χ4v) is 11.0. The van der Waals surface area contributed by atoms with Crippen LogP contribution in [0, 0.1) is 0 Å². The first-order valence-electron chi connectivity index (χ1n) is 35.3. The normalized spacial score (nSPS) is 12.7. The van der Waals surface area contributed by atoms with Gasteiger partial charge in [0.1, 0.15) is 0 Å². The quantitative estimate of drug-likeness (QED) is 0.0320. The third kappa shape index (κ3) is 63.3. The Hall–Kier alpha value is -1.92. The van der Waals surface area contributed by atoms with Gasteiger partial charge in [-0.25, -0.2) is 0 Å². The molecule has 0 radical (unpaired) electrons. The minimum absolute atomic E-state index is 0.00802. The van der Waals surface area contributed by atoms with Crippen LogP contribution < -0.4 is 5.32 Å². The van der Waals surface area contributed by atoms with Gasteiger partial charge in [0.05, 0.1) is 25.4 Å². The van der Waals surface area contributed by atoms with Crippen LogP contribution in [0.4, 0.5) is 0 Å². The molecule has 0 aliphatic heterocycles. The summed E-state index contributed by atoms with van der Waals surface area (Å²) in [5.41, 5.74) is 0. The second-order valence-corrected chi connectivity index (χ2v) is 24.2. The van der Waals surface area contributed by atoms with E-state index in [0.717, 1.165) is 44.9 Å². The third-order valence-electron chi connectivity index (χ3n) is 16.4. The number of amides is 1. The summed E-state index contributed by atoms with van der Waals surface area (Å²) in [7, 11) is 0. The fraction of sp³-hybridized carbons (Fsp3) is 0.889. The summed E-state index contributed by atoms with van der Waals surface area (Å²) in [6.45, 7) is 4.91. The molecule has 0 aromatic rings. The monoisotopic (exact) mass is 1100 g/mol. The van der Waals surface area contributed by atoms with Crippen LogP contribution >= 0.6 is 0 Å². The highest BCUT2D eigenvalue weighted by atomic mass is 16.5. The lowest BCUT2D eigenvalue weighted by Crippen LogP contribution is -2.45. The van der Waals surface area contributed by atoms with E-state index in [0.29, 0.717) is 19.4 Å². The maximum atomic E-state index is 12.5. The average molecular weight is 1100 g/mol. The van der Waals surface area contributed by atoms with Gasteiger partial charge >= 0.3 is 5.97 Å². The van der Waals surface area contributed by atoms with Gasteiger partial charge in [0.2, 0.25) is 5.91 Å². The van der Waals surface area contributed by atoms with Gasteiger partial charge in [-0.1, -0.05) is 326 Å².